The maximum Gasteiger partial charge on any atom is 0.225 e. The van der Waals surface area contributed by atoms with Crippen molar-refractivity contribution < 1.29 is 4.79 Å². The number of aromatic nitrogens is 3. The SMILES string of the molecule is O=C(CCc1ccncc1)NC1CCN(c2ncccn2)CC1. The molecule has 2 aromatic rings. The predicted molar refractivity (Wildman–Crippen MR) is 88.0 cm³/mol. The first kappa shape index (κ1) is 15.4. The van der Waals surface area contributed by atoms with Crippen LogP contribution in [0.25, 0.3) is 0 Å². The van der Waals surface area contributed by atoms with E-state index in [2.05, 4.69) is 25.2 Å². The van der Waals surface area contributed by atoms with Gasteiger partial charge in [0.1, 0.15) is 0 Å². The lowest BCUT2D eigenvalue weighted by Crippen LogP contribution is -2.45. The summed E-state index contributed by atoms with van der Waals surface area (Å²) in [5.41, 5.74) is 1.14. The molecule has 120 valence electrons. The van der Waals surface area contributed by atoms with Crippen LogP contribution in [0.4, 0.5) is 5.95 Å². The number of hydrogen-bond acceptors (Lipinski definition) is 5. The molecule has 6 heteroatoms. The fourth-order valence-electron chi connectivity index (χ4n) is 2.79. The minimum atomic E-state index is 0.122. The van der Waals surface area contributed by atoms with E-state index in [0.717, 1.165) is 43.9 Å². The Morgan fingerprint density at radius 2 is 1.83 bits per heavy atom. The maximum atomic E-state index is 12.1. The Morgan fingerprint density at radius 3 is 2.52 bits per heavy atom. The van der Waals surface area contributed by atoms with E-state index in [4.69, 9.17) is 0 Å². The summed E-state index contributed by atoms with van der Waals surface area (Å²) in [4.78, 5) is 26.8. The van der Waals surface area contributed by atoms with E-state index in [-0.39, 0.29) is 11.9 Å². The molecule has 0 radical (unpaired) electrons. The lowest BCUT2D eigenvalue weighted by Gasteiger charge is -2.32. The number of hydrogen-bond donors (Lipinski definition) is 1. The van der Waals surface area contributed by atoms with Crippen LogP contribution >= 0.6 is 0 Å². The standard InChI is InChI=1S/C17H21N5O/c23-16(3-2-14-4-10-18-11-5-14)21-15-6-12-22(13-7-15)17-19-8-1-9-20-17/h1,4-5,8-11,15H,2-3,6-7,12-13H2,(H,21,23). The van der Waals surface area contributed by atoms with Crippen LogP contribution in [0.5, 0.6) is 0 Å². The van der Waals surface area contributed by atoms with Crippen LogP contribution < -0.4 is 10.2 Å². The summed E-state index contributed by atoms with van der Waals surface area (Å²) in [6.45, 7) is 1.75. The Morgan fingerprint density at radius 1 is 1.13 bits per heavy atom. The van der Waals surface area contributed by atoms with Gasteiger partial charge in [0.05, 0.1) is 0 Å². The number of amides is 1. The van der Waals surface area contributed by atoms with Gasteiger partial charge in [0.15, 0.2) is 0 Å². The van der Waals surface area contributed by atoms with Crippen LogP contribution in [-0.4, -0.2) is 40.0 Å². The van der Waals surface area contributed by atoms with Gasteiger partial charge in [-0.05, 0) is 43.0 Å². The van der Waals surface area contributed by atoms with Gasteiger partial charge in [0.2, 0.25) is 11.9 Å². The lowest BCUT2D eigenvalue weighted by atomic mass is 10.0. The molecule has 1 N–H and O–H groups in total. The number of nitrogens with one attached hydrogen (secondary N) is 1. The van der Waals surface area contributed by atoms with Crippen molar-refractivity contribution in [2.45, 2.75) is 31.7 Å². The van der Waals surface area contributed by atoms with Crippen LogP contribution in [0.15, 0.2) is 43.0 Å². The first-order chi connectivity index (χ1) is 11.3. The third kappa shape index (κ3) is 4.48. The second-order valence-corrected chi connectivity index (χ2v) is 5.73. The van der Waals surface area contributed by atoms with Crippen molar-refractivity contribution in [2.75, 3.05) is 18.0 Å². The molecule has 1 saturated heterocycles. The largest absolute Gasteiger partial charge is 0.353 e. The van der Waals surface area contributed by atoms with Crippen LogP contribution in [0.3, 0.4) is 0 Å². The summed E-state index contributed by atoms with van der Waals surface area (Å²) in [5.74, 6) is 0.895. The van der Waals surface area contributed by atoms with E-state index in [1.165, 1.54) is 0 Å². The molecule has 1 amide bonds. The van der Waals surface area contributed by atoms with Gasteiger partial charge in [-0.3, -0.25) is 9.78 Å². The summed E-state index contributed by atoms with van der Waals surface area (Å²) in [7, 11) is 0. The van der Waals surface area contributed by atoms with E-state index < -0.39 is 0 Å². The highest BCUT2D eigenvalue weighted by molar-refractivity contribution is 5.76. The first-order valence-electron chi connectivity index (χ1n) is 8.01. The molecule has 0 bridgehead atoms. The van der Waals surface area contributed by atoms with E-state index >= 15 is 0 Å². The fraction of sp³-hybridized carbons (Fsp3) is 0.412. The minimum Gasteiger partial charge on any atom is -0.353 e. The molecule has 0 aromatic carbocycles. The molecule has 0 aliphatic carbocycles. The van der Waals surface area contributed by atoms with Crippen molar-refractivity contribution in [3.63, 3.8) is 0 Å². The third-order valence-electron chi connectivity index (χ3n) is 4.09. The zero-order valence-corrected chi connectivity index (χ0v) is 13.1. The number of rotatable bonds is 5. The molecule has 3 rings (SSSR count). The predicted octanol–water partition coefficient (Wildman–Crippen LogP) is 1.59. The van der Waals surface area contributed by atoms with Crippen LogP contribution in [0.2, 0.25) is 0 Å². The summed E-state index contributed by atoms with van der Waals surface area (Å²) in [6, 6.07) is 5.97. The van der Waals surface area contributed by atoms with Crippen molar-refractivity contribution in [3.05, 3.63) is 48.5 Å². The summed E-state index contributed by atoms with van der Waals surface area (Å²) in [5, 5.41) is 3.14. The molecule has 6 nitrogen and oxygen atoms in total. The number of anilines is 1. The summed E-state index contributed by atoms with van der Waals surface area (Å²) in [6.07, 6.45) is 10.2. The Balaban J connectivity index is 1.41. The molecule has 0 saturated carbocycles. The fourth-order valence-corrected chi connectivity index (χ4v) is 2.79. The van der Waals surface area contributed by atoms with Gasteiger partial charge in [-0.25, -0.2) is 9.97 Å². The van der Waals surface area contributed by atoms with Crippen molar-refractivity contribution in [2.24, 2.45) is 0 Å². The van der Waals surface area contributed by atoms with Crippen molar-refractivity contribution in [1.82, 2.24) is 20.3 Å². The third-order valence-corrected chi connectivity index (χ3v) is 4.09. The summed E-state index contributed by atoms with van der Waals surface area (Å²) >= 11 is 0. The Hall–Kier alpha value is -2.50. The molecule has 1 aliphatic rings. The van der Waals surface area contributed by atoms with Crippen LogP contribution in [0, 0.1) is 0 Å². The Kier molecular flexibility index (Phi) is 5.13. The first-order valence-corrected chi connectivity index (χ1v) is 8.01. The van der Waals surface area contributed by atoms with Crippen molar-refractivity contribution in [1.29, 1.82) is 0 Å². The van der Waals surface area contributed by atoms with Gasteiger partial charge in [-0.15, -0.1) is 0 Å². The lowest BCUT2D eigenvalue weighted by molar-refractivity contribution is -0.121. The number of pyridine rings is 1. The van der Waals surface area contributed by atoms with Gasteiger partial charge >= 0.3 is 0 Å². The van der Waals surface area contributed by atoms with E-state index in [9.17, 15) is 4.79 Å². The van der Waals surface area contributed by atoms with Gasteiger partial charge in [-0.1, -0.05) is 0 Å². The minimum absolute atomic E-state index is 0.122. The number of carbonyl (C=O) groups is 1. The highest BCUT2D eigenvalue weighted by Crippen LogP contribution is 2.15. The quantitative estimate of drug-likeness (QED) is 0.908. The van der Waals surface area contributed by atoms with Crippen molar-refractivity contribution >= 4 is 11.9 Å². The second-order valence-electron chi connectivity index (χ2n) is 5.73. The van der Waals surface area contributed by atoms with E-state index in [0.29, 0.717) is 6.42 Å². The summed E-state index contributed by atoms with van der Waals surface area (Å²) < 4.78 is 0. The molecule has 0 spiro atoms. The van der Waals surface area contributed by atoms with E-state index in [1.807, 2.05) is 18.2 Å². The van der Waals surface area contributed by atoms with Gasteiger partial charge < -0.3 is 10.2 Å². The molecule has 1 aliphatic heterocycles. The number of aryl methyl sites for hydroxylation is 1. The zero-order chi connectivity index (χ0) is 15.9. The molecule has 1 fully saturated rings. The molecule has 3 heterocycles. The van der Waals surface area contributed by atoms with Gasteiger partial charge in [-0.2, -0.15) is 0 Å². The van der Waals surface area contributed by atoms with Crippen LogP contribution in [-0.2, 0) is 11.2 Å². The highest BCUT2D eigenvalue weighted by atomic mass is 16.1. The van der Waals surface area contributed by atoms with Gasteiger partial charge in [0, 0.05) is 50.3 Å². The molecule has 23 heavy (non-hydrogen) atoms. The average molecular weight is 311 g/mol. The smallest absolute Gasteiger partial charge is 0.225 e. The molecule has 0 unspecified atom stereocenters. The zero-order valence-electron chi connectivity index (χ0n) is 13.1. The monoisotopic (exact) mass is 311 g/mol. The topological polar surface area (TPSA) is 71.0 Å². The number of nitrogens with zero attached hydrogens (tertiary/aromatic N) is 4. The molecule has 2 aromatic heterocycles. The normalized spacial score (nSPS) is 15.4. The Bertz CT molecular complexity index is 611. The van der Waals surface area contributed by atoms with Crippen LogP contribution in [0.1, 0.15) is 24.8 Å². The number of carbonyl (C=O) groups excluding carboxylic acids is 1. The Labute approximate surface area is 136 Å². The highest BCUT2D eigenvalue weighted by Gasteiger charge is 2.21. The molecule has 0 atom stereocenters. The van der Waals surface area contributed by atoms with E-state index in [1.54, 1.807) is 24.8 Å². The average Bonchev–Trinajstić information content (AvgIpc) is 2.62. The second kappa shape index (κ2) is 7.67. The molecular formula is C17H21N5O. The van der Waals surface area contributed by atoms with Gasteiger partial charge in [0.25, 0.3) is 0 Å². The maximum absolute atomic E-state index is 12.1. The molecular weight excluding hydrogens is 290 g/mol. The van der Waals surface area contributed by atoms with Crippen molar-refractivity contribution in [3.8, 4) is 0 Å². The number of piperidine rings is 1.